The first-order valence-electron chi connectivity index (χ1n) is 11.6. The second-order valence-electron chi connectivity index (χ2n) is 8.38. The number of carbonyl (C=O) groups is 1. The van der Waals surface area contributed by atoms with Gasteiger partial charge in [-0.25, -0.2) is 14.0 Å². The standard InChI is InChI=1S/C26H22FN7O3/c1-2-5-18-15-34(23-20(25(35)36)6-3-8-21(23)27)26(37)33(18)14-16-9-11-17(12-10-16)22-19(7-4-13-28-22)24-29-31-32-30-24/h3-4,6-13,15H,2,5,14H2,1H3,(H,35,36)(H,29,30,31,32). The van der Waals surface area contributed by atoms with E-state index in [2.05, 4.69) is 25.6 Å². The molecule has 0 atom stereocenters. The van der Waals surface area contributed by atoms with Gasteiger partial charge in [0.1, 0.15) is 11.5 Å². The van der Waals surface area contributed by atoms with Crippen LogP contribution in [0.25, 0.3) is 28.3 Å². The Hall–Kier alpha value is -4.93. The van der Waals surface area contributed by atoms with Gasteiger partial charge in [-0.1, -0.05) is 43.7 Å². The molecule has 0 aliphatic rings. The summed E-state index contributed by atoms with van der Waals surface area (Å²) < 4.78 is 17.3. The highest BCUT2D eigenvalue weighted by atomic mass is 19.1. The quantitative estimate of drug-likeness (QED) is 0.333. The summed E-state index contributed by atoms with van der Waals surface area (Å²) in [6.45, 7) is 2.21. The van der Waals surface area contributed by atoms with Crippen LogP contribution < -0.4 is 5.69 Å². The number of H-pyrrole nitrogens is 1. The lowest BCUT2D eigenvalue weighted by Crippen LogP contribution is -2.26. The third-order valence-electron chi connectivity index (χ3n) is 5.99. The van der Waals surface area contributed by atoms with Crippen LogP contribution in [-0.4, -0.2) is 45.8 Å². The van der Waals surface area contributed by atoms with E-state index in [1.165, 1.54) is 18.3 Å². The number of aromatic amines is 1. The summed E-state index contributed by atoms with van der Waals surface area (Å²) in [4.78, 5) is 29.6. The largest absolute Gasteiger partial charge is 0.478 e. The minimum atomic E-state index is -1.31. The highest BCUT2D eigenvalue weighted by molar-refractivity contribution is 5.92. The summed E-state index contributed by atoms with van der Waals surface area (Å²) in [6, 6.07) is 14.9. The average molecular weight is 500 g/mol. The monoisotopic (exact) mass is 499 g/mol. The molecule has 0 radical (unpaired) electrons. The van der Waals surface area contributed by atoms with Crippen LogP contribution in [0.1, 0.15) is 35.0 Å². The number of tetrazole rings is 1. The van der Waals surface area contributed by atoms with Gasteiger partial charge in [-0.3, -0.25) is 14.1 Å². The highest BCUT2D eigenvalue weighted by Gasteiger charge is 2.21. The zero-order chi connectivity index (χ0) is 25.9. The van der Waals surface area contributed by atoms with E-state index in [0.29, 0.717) is 23.6 Å². The Morgan fingerprint density at radius 1 is 1.11 bits per heavy atom. The van der Waals surface area contributed by atoms with Crippen molar-refractivity contribution in [2.24, 2.45) is 0 Å². The fraction of sp³-hybridized carbons (Fsp3) is 0.154. The van der Waals surface area contributed by atoms with E-state index < -0.39 is 17.5 Å². The summed E-state index contributed by atoms with van der Waals surface area (Å²) in [5.41, 5.74) is 2.71. The van der Waals surface area contributed by atoms with Gasteiger partial charge in [0.15, 0.2) is 0 Å². The molecule has 37 heavy (non-hydrogen) atoms. The van der Waals surface area contributed by atoms with E-state index in [9.17, 15) is 19.1 Å². The normalized spacial score (nSPS) is 11.1. The lowest BCUT2D eigenvalue weighted by atomic mass is 10.0. The van der Waals surface area contributed by atoms with Crippen LogP contribution in [0.15, 0.2) is 71.8 Å². The van der Waals surface area contributed by atoms with E-state index in [4.69, 9.17) is 0 Å². The van der Waals surface area contributed by atoms with Crippen LogP contribution in [0.4, 0.5) is 4.39 Å². The fourth-order valence-corrected chi connectivity index (χ4v) is 4.29. The predicted molar refractivity (Wildman–Crippen MR) is 133 cm³/mol. The molecule has 0 unspecified atom stereocenters. The lowest BCUT2D eigenvalue weighted by Gasteiger charge is -2.09. The Kier molecular flexibility index (Phi) is 6.42. The van der Waals surface area contributed by atoms with E-state index in [1.54, 1.807) is 16.8 Å². The summed E-state index contributed by atoms with van der Waals surface area (Å²) in [7, 11) is 0. The van der Waals surface area contributed by atoms with Crippen molar-refractivity contribution in [2.45, 2.75) is 26.3 Å². The van der Waals surface area contributed by atoms with E-state index >= 15 is 0 Å². The highest BCUT2D eigenvalue weighted by Crippen LogP contribution is 2.28. The number of nitrogens with one attached hydrogen (secondary N) is 1. The van der Waals surface area contributed by atoms with Gasteiger partial charge in [0.2, 0.25) is 5.82 Å². The van der Waals surface area contributed by atoms with Crippen molar-refractivity contribution < 1.29 is 14.3 Å². The molecule has 0 aliphatic heterocycles. The smallest absolute Gasteiger partial charge is 0.337 e. The van der Waals surface area contributed by atoms with Gasteiger partial charge in [-0.05, 0) is 41.5 Å². The Balaban J connectivity index is 1.51. The summed E-state index contributed by atoms with van der Waals surface area (Å²) >= 11 is 0. The first-order valence-corrected chi connectivity index (χ1v) is 11.6. The number of pyridine rings is 1. The number of hydrogen-bond acceptors (Lipinski definition) is 6. The van der Waals surface area contributed by atoms with Gasteiger partial charge in [-0.2, -0.15) is 5.21 Å². The number of aromatic carboxylic acids is 1. The Bertz CT molecular complexity index is 1620. The molecule has 0 aliphatic carbocycles. The molecule has 0 bridgehead atoms. The number of carboxylic acid groups (broad SMARTS) is 1. The summed E-state index contributed by atoms with van der Waals surface area (Å²) in [5, 5.41) is 23.7. The number of rotatable bonds is 8. The number of nitrogens with zero attached hydrogens (tertiary/aromatic N) is 6. The van der Waals surface area contributed by atoms with Crippen molar-refractivity contribution in [3.8, 4) is 28.3 Å². The number of carboxylic acids is 1. The molecule has 3 aromatic heterocycles. The third-order valence-corrected chi connectivity index (χ3v) is 5.99. The van der Waals surface area contributed by atoms with Crippen LogP contribution in [0.5, 0.6) is 0 Å². The number of hydrogen-bond donors (Lipinski definition) is 2. The number of para-hydroxylation sites is 1. The van der Waals surface area contributed by atoms with E-state index in [1.807, 2.05) is 37.3 Å². The molecular weight excluding hydrogens is 477 g/mol. The van der Waals surface area contributed by atoms with Gasteiger partial charge in [-0.15, -0.1) is 10.2 Å². The Morgan fingerprint density at radius 3 is 2.62 bits per heavy atom. The third kappa shape index (κ3) is 4.54. The minimum Gasteiger partial charge on any atom is -0.478 e. The molecule has 186 valence electrons. The van der Waals surface area contributed by atoms with Gasteiger partial charge in [0.25, 0.3) is 0 Å². The minimum absolute atomic E-state index is 0.234. The zero-order valence-electron chi connectivity index (χ0n) is 19.8. The molecule has 11 heteroatoms. The van der Waals surface area contributed by atoms with Crippen LogP contribution >= 0.6 is 0 Å². The molecule has 0 spiro atoms. The van der Waals surface area contributed by atoms with Crippen molar-refractivity contribution in [3.05, 3.63) is 100 Å². The molecule has 0 saturated heterocycles. The fourth-order valence-electron chi connectivity index (χ4n) is 4.29. The van der Waals surface area contributed by atoms with Crippen molar-refractivity contribution in [2.75, 3.05) is 0 Å². The Morgan fingerprint density at radius 2 is 1.92 bits per heavy atom. The number of aromatic nitrogens is 7. The van der Waals surface area contributed by atoms with Crippen LogP contribution in [0.2, 0.25) is 0 Å². The maximum Gasteiger partial charge on any atom is 0.337 e. The number of aryl methyl sites for hydroxylation is 1. The van der Waals surface area contributed by atoms with Gasteiger partial charge in [0, 0.05) is 29.2 Å². The van der Waals surface area contributed by atoms with E-state index in [-0.39, 0.29) is 17.8 Å². The maximum atomic E-state index is 14.7. The second kappa shape index (κ2) is 9.97. The molecule has 0 fully saturated rings. The van der Waals surface area contributed by atoms with Crippen LogP contribution in [0.3, 0.4) is 0 Å². The zero-order valence-corrected chi connectivity index (χ0v) is 19.8. The molecule has 5 rings (SSSR count). The van der Waals surface area contributed by atoms with Crippen LogP contribution in [-0.2, 0) is 13.0 Å². The van der Waals surface area contributed by atoms with Crippen molar-refractivity contribution >= 4 is 5.97 Å². The molecule has 0 saturated carbocycles. The molecule has 3 heterocycles. The van der Waals surface area contributed by atoms with Gasteiger partial charge < -0.3 is 5.11 Å². The topological polar surface area (TPSA) is 132 Å². The van der Waals surface area contributed by atoms with Crippen molar-refractivity contribution in [3.63, 3.8) is 0 Å². The number of imidazole rings is 1. The number of halogens is 1. The van der Waals surface area contributed by atoms with Crippen LogP contribution in [0, 0.1) is 5.82 Å². The molecule has 0 amide bonds. The molecule has 2 aromatic carbocycles. The molecular formula is C26H22FN7O3. The molecule has 10 nitrogen and oxygen atoms in total. The maximum absolute atomic E-state index is 14.7. The number of benzene rings is 2. The molecule has 2 N–H and O–H groups in total. The van der Waals surface area contributed by atoms with Crippen molar-refractivity contribution in [1.82, 2.24) is 34.7 Å². The predicted octanol–water partition coefficient (Wildman–Crippen LogP) is 3.72. The second-order valence-corrected chi connectivity index (χ2v) is 8.38. The Labute approximate surface area is 210 Å². The first kappa shape index (κ1) is 23.8. The summed E-state index contributed by atoms with van der Waals surface area (Å²) in [5.74, 6) is -1.66. The van der Waals surface area contributed by atoms with Crippen molar-refractivity contribution in [1.29, 1.82) is 0 Å². The van der Waals surface area contributed by atoms with Gasteiger partial charge in [0.05, 0.1) is 17.8 Å². The van der Waals surface area contributed by atoms with E-state index in [0.717, 1.165) is 33.7 Å². The van der Waals surface area contributed by atoms with Gasteiger partial charge >= 0.3 is 11.7 Å². The lowest BCUT2D eigenvalue weighted by molar-refractivity contribution is 0.0696. The summed E-state index contributed by atoms with van der Waals surface area (Å²) in [6.07, 6.45) is 4.53. The average Bonchev–Trinajstić information content (AvgIpc) is 3.54. The SMILES string of the molecule is CCCc1cn(-c2c(F)cccc2C(=O)O)c(=O)n1Cc1ccc(-c2ncccc2-c2nn[nH]n2)cc1. The first-order chi connectivity index (χ1) is 18.0. The molecule has 5 aromatic rings.